The van der Waals surface area contributed by atoms with Crippen LogP contribution in [-0.4, -0.2) is 21.2 Å². The summed E-state index contributed by atoms with van der Waals surface area (Å²) in [6.07, 6.45) is 3.60. The van der Waals surface area contributed by atoms with Crippen LogP contribution in [0.15, 0.2) is 34.6 Å². The first kappa shape index (κ1) is 13.6. The lowest BCUT2D eigenvalue weighted by molar-refractivity contribution is 0.899. The second kappa shape index (κ2) is 6.41. The fourth-order valence-electron chi connectivity index (χ4n) is 1.38. The summed E-state index contributed by atoms with van der Waals surface area (Å²) in [5, 5.41) is 10.4. The van der Waals surface area contributed by atoms with E-state index in [1.165, 1.54) is 23.5 Å². The van der Waals surface area contributed by atoms with Crippen molar-refractivity contribution in [2.24, 2.45) is 0 Å². The van der Waals surface area contributed by atoms with Gasteiger partial charge >= 0.3 is 0 Å². The van der Waals surface area contributed by atoms with E-state index in [-0.39, 0.29) is 0 Å². The summed E-state index contributed by atoms with van der Waals surface area (Å²) in [6.45, 7) is 0. The van der Waals surface area contributed by atoms with Crippen LogP contribution < -0.4 is 5.73 Å². The molecule has 0 amide bonds. The van der Waals surface area contributed by atoms with Crippen LogP contribution in [0, 0.1) is 11.3 Å². The number of nitrogens with two attached hydrogens (primary N) is 1. The number of nitriles is 1. The number of hydrogen-bond acceptors (Lipinski definition) is 7. The molecule has 0 fully saturated rings. The fourth-order valence-corrected chi connectivity index (χ4v) is 2.68. The molecule has 0 radical (unpaired) electrons. The number of nitrogens with zero attached hydrogens (tertiary/aromatic N) is 4. The van der Waals surface area contributed by atoms with E-state index in [0.717, 1.165) is 10.7 Å². The first-order valence-electron chi connectivity index (χ1n) is 5.38. The molecule has 2 aromatic rings. The predicted molar refractivity (Wildman–Crippen MR) is 76.7 cm³/mol. The minimum Gasteiger partial charge on any atom is -0.384 e. The van der Waals surface area contributed by atoms with Crippen LogP contribution in [-0.2, 0) is 5.75 Å². The van der Waals surface area contributed by atoms with Gasteiger partial charge in [-0.2, -0.15) is 5.26 Å². The molecule has 0 atom stereocenters. The number of hydrogen-bond donors (Lipinski definition) is 1. The van der Waals surface area contributed by atoms with Crippen molar-refractivity contribution >= 4 is 29.3 Å². The van der Waals surface area contributed by atoms with E-state index < -0.39 is 0 Å². The van der Waals surface area contributed by atoms with Crippen molar-refractivity contribution in [2.75, 3.05) is 12.0 Å². The standard InChI is InChI=1S/C12H11N5S2/c1-18-11-5-10(14)16-12(17-11)19-7-9-8(6-13)3-2-4-15-9/h2-5H,7H2,1H3,(H2,14,16,17). The van der Waals surface area contributed by atoms with Gasteiger partial charge in [-0.15, -0.1) is 11.8 Å². The summed E-state index contributed by atoms with van der Waals surface area (Å²) >= 11 is 2.93. The molecule has 2 rings (SSSR count). The zero-order valence-corrected chi connectivity index (χ0v) is 11.8. The highest BCUT2D eigenvalue weighted by Crippen LogP contribution is 2.23. The van der Waals surface area contributed by atoms with Gasteiger partial charge in [-0.1, -0.05) is 11.8 Å². The Bertz CT molecular complexity index is 624. The van der Waals surface area contributed by atoms with Crippen LogP contribution in [0.3, 0.4) is 0 Å². The van der Waals surface area contributed by atoms with Gasteiger partial charge in [0.2, 0.25) is 0 Å². The van der Waals surface area contributed by atoms with Gasteiger partial charge in [0, 0.05) is 18.0 Å². The molecular weight excluding hydrogens is 278 g/mol. The second-order valence-corrected chi connectivity index (χ2v) is 5.28. The summed E-state index contributed by atoms with van der Waals surface area (Å²) < 4.78 is 0. The zero-order chi connectivity index (χ0) is 13.7. The molecule has 0 bridgehead atoms. The fraction of sp³-hybridized carbons (Fsp3) is 0.167. The van der Waals surface area contributed by atoms with Crippen LogP contribution in [0.5, 0.6) is 0 Å². The van der Waals surface area contributed by atoms with Crippen LogP contribution >= 0.6 is 23.5 Å². The Morgan fingerprint density at radius 1 is 1.42 bits per heavy atom. The maximum absolute atomic E-state index is 8.99. The van der Waals surface area contributed by atoms with Gasteiger partial charge in [0.15, 0.2) is 5.16 Å². The third-order valence-corrected chi connectivity index (χ3v) is 3.75. The molecular formula is C12H11N5S2. The number of nitrogen functional groups attached to an aromatic ring is 1. The van der Waals surface area contributed by atoms with Gasteiger partial charge in [0.25, 0.3) is 0 Å². The molecule has 2 aromatic heterocycles. The summed E-state index contributed by atoms with van der Waals surface area (Å²) in [6, 6.07) is 7.34. The Morgan fingerprint density at radius 2 is 2.26 bits per heavy atom. The maximum Gasteiger partial charge on any atom is 0.190 e. The highest BCUT2D eigenvalue weighted by Gasteiger charge is 2.07. The van der Waals surface area contributed by atoms with E-state index in [1.54, 1.807) is 24.4 Å². The van der Waals surface area contributed by atoms with Crippen molar-refractivity contribution < 1.29 is 0 Å². The summed E-state index contributed by atoms with van der Waals surface area (Å²) in [4.78, 5) is 12.7. The quantitative estimate of drug-likeness (QED) is 0.525. The highest BCUT2D eigenvalue weighted by atomic mass is 32.2. The zero-order valence-electron chi connectivity index (χ0n) is 10.2. The largest absolute Gasteiger partial charge is 0.384 e. The molecule has 0 aliphatic rings. The van der Waals surface area contributed by atoms with Crippen LogP contribution in [0.25, 0.3) is 0 Å². The molecule has 0 aromatic carbocycles. The smallest absolute Gasteiger partial charge is 0.190 e. The molecule has 2 heterocycles. The number of thioether (sulfide) groups is 2. The van der Waals surface area contributed by atoms with Crippen molar-refractivity contribution in [1.29, 1.82) is 5.26 Å². The van der Waals surface area contributed by atoms with Gasteiger partial charge in [0.05, 0.1) is 11.3 Å². The minimum absolute atomic E-state index is 0.448. The summed E-state index contributed by atoms with van der Waals surface area (Å²) in [7, 11) is 0. The van der Waals surface area contributed by atoms with Crippen molar-refractivity contribution in [2.45, 2.75) is 15.9 Å². The average molecular weight is 289 g/mol. The van der Waals surface area contributed by atoms with Gasteiger partial charge in [-0.3, -0.25) is 4.98 Å². The lowest BCUT2D eigenvalue weighted by Crippen LogP contribution is -1.97. The predicted octanol–water partition coefficient (Wildman–Crippen LogP) is 2.34. The minimum atomic E-state index is 0.448. The maximum atomic E-state index is 8.99. The number of pyridine rings is 1. The molecule has 0 saturated carbocycles. The van der Waals surface area contributed by atoms with E-state index in [4.69, 9.17) is 11.0 Å². The molecule has 0 aliphatic heterocycles. The van der Waals surface area contributed by atoms with E-state index >= 15 is 0 Å². The third-order valence-electron chi connectivity index (χ3n) is 2.26. The molecule has 7 heteroatoms. The third kappa shape index (κ3) is 3.59. The van der Waals surface area contributed by atoms with Crippen molar-refractivity contribution in [3.63, 3.8) is 0 Å². The van der Waals surface area contributed by atoms with Crippen LogP contribution in [0.1, 0.15) is 11.3 Å². The topological polar surface area (TPSA) is 88.5 Å². The summed E-state index contributed by atoms with van der Waals surface area (Å²) in [5.74, 6) is 0.990. The number of anilines is 1. The molecule has 2 N–H and O–H groups in total. The molecule has 5 nitrogen and oxygen atoms in total. The van der Waals surface area contributed by atoms with Gasteiger partial charge < -0.3 is 5.73 Å². The molecule has 96 valence electrons. The molecule has 19 heavy (non-hydrogen) atoms. The monoisotopic (exact) mass is 289 g/mol. The lowest BCUT2D eigenvalue weighted by Gasteiger charge is -2.04. The van der Waals surface area contributed by atoms with Crippen molar-refractivity contribution in [1.82, 2.24) is 15.0 Å². The molecule has 0 spiro atoms. The number of aromatic nitrogens is 3. The van der Waals surface area contributed by atoms with Gasteiger partial charge in [-0.05, 0) is 18.4 Å². The summed E-state index contributed by atoms with van der Waals surface area (Å²) in [5.41, 5.74) is 7.02. The normalized spacial score (nSPS) is 10.1. The van der Waals surface area contributed by atoms with Crippen LogP contribution in [0.4, 0.5) is 5.82 Å². The Labute approximate surface area is 119 Å². The Morgan fingerprint density at radius 3 is 3.00 bits per heavy atom. The van der Waals surface area contributed by atoms with Crippen molar-refractivity contribution in [3.8, 4) is 6.07 Å². The molecule has 0 aliphatic carbocycles. The first-order valence-corrected chi connectivity index (χ1v) is 7.59. The van der Waals surface area contributed by atoms with Crippen LogP contribution in [0.2, 0.25) is 0 Å². The van der Waals surface area contributed by atoms with E-state index in [0.29, 0.717) is 22.3 Å². The number of rotatable bonds is 4. The lowest BCUT2D eigenvalue weighted by atomic mass is 10.2. The van der Waals surface area contributed by atoms with Gasteiger partial charge in [-0.25, -0.2) is 9.97 Å². The first-order chi connectivity index (χ1) is 9.22. The highest BCUT2D eigenvalue weighted by molar-refractivity contribution is 7.99. The molecule has 0 unspecified atom stereocenters. The average Bonchev–Trinajstić information content (AvgIpc) is 2.44. The van der Waals surface area contributed by atoms with E-state index in [1.807, 2.05) is 6.26 Å². The van der Waals surface area contributed by atoms with Crippen molar-refractivity contribution in [3.05, 3.63) is 35.7 Å². The molecule has 0 saturated heterocycles. The second-order valence-electron chi connectivity index (χ2n) is 3.52. The Hall–Kier alpha value is -1.78. The van der Waals surface area contributed by atoms with E-state index in [9.17, 15) is 0 Å². The van der Waals surface area contributed by atoms with E-state index in [2.05, 4.69) is 21.0 Å². The Kier molecular flexibility index (Phi) is 4.60. The Balaban J connectivity index is 2.15. The SMILES string of the molecule is CSc1cc(N)nc(SCc2ncccc2C#N)n1. The van der Waals surface area contributed by atoms with Gasteiger partial charge in [0.1, 0.15) is 16.9 Å².